The van der Waals surface area contributed by atoms with Crippen LogP contribution in [0.3, 0.4) is 0 Å². The van der Waals surface area contributed by atoms with Gasteiger partial charge in [0.05, 0.1) is 20.8 Å². The van der Waals surface area contributed by atoms with Crippen LogP contribution in [0, 0.1) is 5.92 Å². The molecule has 2 aromatic carbocycles. The zero-order chi connectivity index (χ0) is 22.3. The monoisotopic (exact) mass is 438 g/mol. The van der Waals surface area contributed by atoms with E-state index in [1.165, 1.54) is 44.3 Å². The number of benzene rings is 2. The summed E-state index contributed by atoms with van der Waals surface area (Å²) in [4.78, 5) is 5.30. The van der Waals surface area contributed by atoms with E-state index < -0.39 is 0 Å². The molecule has 5 heteroatoms. The molecule has 0 bridgehead atoms. The highest BCUT2D eigenvalue weighted by Gasteiger charge is 2.31. The highest BCUT2D eigenvalue weighted by molar-refractivity contribution is 5.38. The molecule has 32 heavy (non-hydrogen) atoms. The van der Waals surface area contributed by atoms with E-state index in [0.29, 0.717) is 12.0 Å². The molecule has 1 fully saturated rings. The number of rotatable bonds is 10. The summed E-state index contributed by atoms with van der Waals surface area (Å²) in [5.74, 6) is 2.38. The number of likely N-dealkylation sites (tertiary alicyclic amines) is 1. The van der Waals surface area contributed by atoms with E-state index in [4.69, 9.17) is 14.2 Å². The Kier molecular flexibility index (Phi) is 8.06. The number of methoxy groups -OCH3 is 3. The van der Waals surface area contributed by atoms with Crippen molar-refractivity contribution in [2.45, 2.75) is 38.3 Å². The molecule has 4 rings (SSSR count). The van der Waals surface area contributed by atoms with Gasteiger partial charge >= 0.3 is 0 Å². The van der Waals surface area contributed by atoms with Gasteiger partial charge in [0.25, 0.3) is 0 Å². The Morgan fingerprint density at radius 3 is 2.28 bits per heavy atom. The van der Waals surface area contributed by atoms with Crippen LogP contribution in [0.5, 0.6) is 11.5 Å². The van der Waals surface area contributed by atoms with Gasteiger partial charge in [-0.15, -0.1) is 0 Å². The van der Waals surface area contributed by atoms with E-state index in [2.05, 4.69) is 46.2 Å². The highest BCUT2D eigenvalue weighted by Crippen LogP contribution is 2.29. The van der Waals surface area contributed by atoms with Crippen molar-refractivity contribution in [3.8, 4) is 11.5 Å². The maximum atomic E-state index is 5.48. The minimum Gasteiger partial charge on any atom is -0.497 e. The molecule has 1 aliphatic heterocycles. The number of ether oxygens (including phenoxy) is 3. The lowest BCUT2D eigenvalue weighted by Crippen LogP contribution is -2.46. The van der Waals surface area contributed by atoms with E-state index in [9.17, 15) is 0 Å². The van der Waals surface area contributed by atoms with Crippen LogP contribution in [0.15, 0.2) is 42.5 Å². The summed E-state index contributed by atoms with van der Waals surface area (Å²) in [5.41, 5.74) is 4.32. The smallest absolute Gasteiger partial charge is 0.122 e. The maximum absolute atomic E-state index is 5.48. The quantitative estimate of drug-likeness (QED) is 0.560. The van der Waals surface area contributed by atoms with Gasteiger partial charge in [-0.1, -0.05) is 24.3 Å². The SMILES string of the molecule is COCCN(Cc1cc(OC)cc(OC)c1)C[C@H]1CCCN(C2Cc3ccccc3C2)C1. The van der Waals surface area contributed by atoms with Crippen molar-refractivity contribution in [2.75, 3.05) is 54.1 Å². The van der Waals surface area contributed by atoms with Gasteiger partial charge in [-0.2, -0.15) is 0 Å². The average Bonchev–Trinajstić information content (AvgIpc) is 3.27. The van der Waals surface area contributed by atoms with Gasteiger partial charge in [-0.3, -0.25) is 9.80 Å². The second kappa shape index (κ2) is 11.2. The molecule has 1 aliphatic carbocycles. The van der Waals surface area contributed by atoms with Gasteiger partial charge in [0.2, 0.25) is 0 Å². The lowest BCUT2D eigenvalue weighted by atomic mass is 9.95. The molecule has 0 radical (unpaired) electrons. The number of hydrogen-bond donors (Lipinski definition) is 0. The third-order valence-corrected chi connectivity index (χ3v) is 7.04. The van der Waals surface area contributed by atoms with Gasteiger partial charge in [0.1, 0.15) is 11.5 Å². The van der Waals surface area contributed by atoms with Crippen LogP contribution in [0.4, 0.5) is 0 Å². The van der Waals surface area contributed by atoms with Gasteiger partial charge in [0.15, 0.2) is 0 Å². The van der Waals surface area contributed by atoms with Crippen LogP contribution in [0.1, 0.15) is 29.5 Å². The fraction of sp³-hybridized carbons (Fsp3) is 0.556. The van der Waals surface area contributed by atoms with Crippen molar-refractivity contribution in [1.29, 1.82) is 0 Å². The molecule has 0 aromatic heterocycles. The fourth-order valence-electron chi connectivity index (χ4n) is 5.41. The molecule has 2 aliphatic rings. The molecule has 174 valence electrons. The third kappa shape index (κ3) is 5.83. The molecule has 0 unspecified atom stereocenters. The van der Waals surface area contributed by atoms with Crippen molar-refractivity contribution in [3.63, 3.8) is 0 Å². The van der Waals surface area contributed by atoms with Gasteiger partial charge in [-0.25, -0.2) is 0 Å². The summed E-state index contributed by atoms with van der Waals surface area (Å²) in [6.07, 6.45) is 5.02. The Morgan fingerprint density at radius 1 is 0.969 bits per heavy atom. The molecule has 0 amide bonds. The summed E-state index contributed by atoms with van der Waals surface area (Å²) >= 11 is 0. The van der Waals surface area contributed by atoms with E-state index in [1.807, 2.05) is 6.07 Å². The lowest BCUT2D eigenvalue weighted by Gasteiger charge is -2.39. The van der Waals surface area contributed by atoms with E-state index >= 15 is 0 Å². The molecule has 5 nitrogen and oxygen atoms in total. The summed E-state index contributed by atoms with van der Waals surface area (Å²) in [5, 5.41) is 0. The molecule has 0 saturated carbocycles. The Bertz CT molecular complexity index is 824. The molecule has 1 atom stereocenters. The predicted molar refractivity (Wildman–Crippen MR) is 129 cm³/mol. The average molecular weight is 439 g/mol. The Balaban J connectivity index is 1.39. The first-order chi connectivity index (χ1) is 15.7. The van der Waals surface area contributed by atoms with E-state index in [0.717, 1.165) is 37.7 Å². The van der Waals surface area contributed by atoms with Crippen molar-refractivity contribution >= 4 is 0 Å². The fourth-order valence-corrected chi connectivity index (χ4v) is 5.41. The summed E-state index contributed by atoms with van der Waals surface area (Å²) in [6.45, 7) is 6.09. The second-order valence-corrected chi connectivity index (χ2v) is 9.28. The van der Waals surface area contributed by atoms with Crippen LogP contribution in [0.2, 0.25) is 0 Å². The van der Waals surface area contributed by atoms with Crippen molar-refractivity contribution in [3.05, 3.63) is 59.2 Å². The molecular weight excluding hydrogens is 400 g/mol. The van der Waals surface area contributed by atoms with Crippen molar-refractivity contribution in [1.82, 2.24) is 9.80 Å². The summed E-state index contributed by atoms with van der Waals surface area (Å²) in [7, 11) is 5.20. The molecule has 0 N–H and O–H groups in total. The highest BCUT2D eigenvalue weighted by atomic mass is 16.5. The number of nitrogens with zero attached hydrogens (tertiary/aromatic N) is 2. The number of piperidine rings is 1. The largest absolute Gasteiger partial charge is 0.497 e. The normalized spacial score (nSPS) is 19.3. The summed E-state index contributed by atoms with van der Waals surface area (Å²) < 4.78 is 16.4. The second-order valence-electron chi connectivity index (χ2n) is 9.28. The zero-order valence-corrected chi connectivity index (χ0v) is 19.9. The van der Waals surface area contributed by atoms with E-state index in [-0.39, 0.29) is 0 Å². The van der Waals surface area contributed by atoms with Gasteiger partial charge in [0, 0.05) is 45.4 Å². The van der Waals surface area contributed by atoms with Crippen LogP contribution in [0.25, 0.3) is 0 Å². The molecule has 0 spiro atoms. The van der Waals surface area contributed by atoms with Crippen molar-refractivity contribution < 1.29 is 14.2 Å². The molecular formula is C27H38N2O3. The Hall–Kier alpha value is -2.08. The standard InChI is InChI=1S/C27H38N2O3/c1-30-12-11-28(19-22-13-26(31-2)17-27(14-22)32-3)18-21-7-6-10-29(20-21)25-15-23-8-4-5-9-24(23)16-25/h4-5,8-9,13-14,17,21,25H,6-7,10-12,15-16,18-20H2,1-3H3/t21-/m1/s1. The number of fused-ring (bicyclic) bond motifs is 1. The van der Waals surface area contributed by atoms with Crippen molar-refractivity contribution in [2.24, 2.45) is 5.92 Å². The first kappa shape index (κ1) is 23.1. The molecule has 1 heterocycles. The molecule has 1 saturated heterocycles. The van der Waals surface area contributed by atoms with Gasteiger partial charge in [-0.05, 0) is 67.0 Å². The Labute approximate surface area is 193 Å². The first-order valence-corrected chi connectivity index (χ1v) is 11.9. The minimum absolute atomic E-state index is 0.672. The predicted octanol–water partition coefficient (Wildman–Crippen LogP) is 4.03. The lowest BCUT2D eigenvalue weighted by molar-refractivity contribution is 0.0843. The topological polar surface area (TPSA) is 34.2 Å². The first-order valence-electron chi connectivity index (χ1n) is 11.9. The third-order valence-electron chi connectivity index (χ3n) is 7.04. The minimum atomic E-state index is 0.672. The zero-order valence-electron chi connectivity index (χ0n) is 19.9. The maximum Gasteiger partial charge on any atom is 0.122 e. The number of hydrogen-bond acceptors (Lipinski definition) is 5. The van der Waals surface area contributed by atoms with E-state index in [1.54, 1.807) is 32.5 Å². The summed E-state index contributed by atoms with van der Waals surface area (Å²) in [6, 6.07) is 15.8. The van der Waals surface area contributed by atoms with Gasteiger partial charge < -0.3 is 14.2 Å². The Morgan fingerprint density at radius 2 is 1.66 bits per heavy atom. The van der Waals surface area contributed by atoms with Crippen LogP contribution in [-0.2, 0) is 24.1 Å². The molecule has 2 aromatic rings. The van der Waals surface area contributed by atoms with Crippen LogP contribution >= 0.6 is 0 Å². The van der Waals surface area contributed by atoms with Crippen LogP contribution < -0.4 is 9.47 Å². The van der Waals surface area contributed by atoms with Crippen LogP contribution in [-0.4, -0.2) is 70.0 Å².